The van der Waals surface area contributed by atoms with E-state index in [-0.39, 0.29) is 0 Å². The summed E-state index contributed by atoms with van der Waals surface area (Å²) in [5.41, 5.74) is 0. The van der Waals surface area contributed by atoms with Crippen LogP contribution in [0.3, 0.4) is 0 Å². The Morgan fingerprint density at radius 1 is 0.412 bits per heavy atom. The van der Waals surface area contributed by atoms with Crippen molar-refractivity contribution in [1.82, 2.24) is 19.6 Å². The number of hydrogen-bond donors (Lipinski definition) is 0. The Kier molecular flexibility index (Phi) is 31.1. The normalized spacial score (nSPS) is 17.3. The van der Waals surface area contributed by atoms with Crippen molar-refractivity contribution in [3.05, 3.63) is 48.6 Å². The van der Waals surface area contributed by atoms with Crippen LogP contribution in [0.2, 0.25) is 0 Å². The van der Waals surface area contributed by atoms with E-state index in [4.69, 9.17) is 0 Å². The van der Waals surface area contributed by atoms with Crippen molar-refractivity contribution < 1.29 is 0 Å². The van der Waals surface area contributed by atoms with Crippen LogP contribution in [0, 0.1) is 0 Å². The van der Waals surface area contributed by atoms with Gasteiger partial charge in [-0.05, 0) is 84.1 Å². The molecule has 51 heavy (non-hydrogen) atoms. The predicted octanol–water partition coefficient (Wildman–Crippen LogP) is 12.6. The van der Waals surface area contributed by atoms with E-state index in [0.29, 0.717) is 0 Å². The second kappa shape index (κ2) is 34.6. The van der Waals surface area contributed by atoms with E-state index in [2.05, 4.69) is 89.1 Å². The average molecular weight is 709 g/mol. The first-order valence-electron chi connectivity index (χ1n) is 22.7. The van der Waals surface area contributed by atoms with Gasteiger partial charge in [0.1, 0.15) is 0 Å². The Morgan fingerprint density at radius 3 is 1.24 bits per heavy atom. The predicted molar refractivity (Wildman–Crippen MR) is 229 cm³/mol. The summed E-state index contributed by atoms with van der Waals surface area (Å²) in [5, 5.41) is 0. The Hall–Kier alpha value is -1.20. The van der Waals surface area contributed by atoms with E-state index in [9.17, 15) is 0 Å². The summed E-state index contributed by atoms with van der Waals surface area (Å²) >= 11 is 0. The van der Waals surface area contributed by atoms with E-state index < -0.39 is 0 Å². The van der Waals surface area contributed by atoms with Gasteiger partial charge in [-0.25, -0.2) is 0 Å². The molecule has 296 valence electrons. The van der Waals surface area contributed by atoms with Gasteiger partial charge in [0.05, 0.1) is 6.67 Å². The first-order chi connectivity index (χ1) is 25.2. The van der Waals surface area contributed by atoms with Crippen molar-refractivity contribution in [3.63, 3.8) is 0 Å². The Bertz CT molecular complexity index is 806. The maximum absolute atomic E-state index is 2.90. The van der Waals surface area contributed by atoms with Crippen molar-refractivity contribution in [1.29, 1.82) is 0 Å². The third-order valence-corrected chi connectivity index (χ3v) is 11.4. The van der Waals surface area contributed by atoms with E-state index in [0.717, 1.165) is 25.6 Å². The van der Waals surface area contributed by atoms with Gasteiger partial charge < -0.3 is 0 Å². The first kappa shape index (κ1) is 46.0. The van der Waals surface area contributed by atoms with Crippen LogP contribution in [-0.4, -0.2) is 91.7 Å². The zero-order valence-corrected chi connectivity index (χ0v) is 34.7. The highest BCUT2D eigenvalue weighted by Gasteiger charge is 2.24. The van der Waals surface area contributed by atoms with Gasteiger partial charge in [0.15, 0.2) is 0 Å². The molecule has 0 aromatic carbocycles. The number of rotatable bonds is 34. The molecule has 0 saturated carbocycles. The minimum Gasteiger partial charge on any atom is -0.300 e. The quantitative estimate of drug-likeness (QED) is 0.0487. The maximum atomic E-state index is 2.90. The fourth-order valence-electron chi connectivity index (χ4n) is 7.86. The van der Waals surface area contributed by atoms with Crippen molar-refractivity contribution in [2.24, 2.45) is 0 Å². The number of allylic oxidation sites excluding steroid dienone is 8. The second-order valence-electron chi connectivity index (χ2n) is 16.1. The summed E-state index contributed by atoms with van der Waals surface area (Å²) < 4.78 is 0. The summed E-state index contributed by atoms with van der Waals surface area (Å²) in [6, 6.07) is 0.816. The molecule has 0 radical (unpaired) electrons. The molecule has 0 aromatic rings. The summed E-state index contributed by atoms with van der Waals surface area (Å²) in [4.78, 5) is 10.7. The highest BCUT2D eigenvalue weighted by molar-refractivity contribution is 4.93. The highest BCUT2D eigenvalue weighted by atomic mass is 15.4. The van der Waals surface area contributed by atoms with Crippen LogP contribution >= 0.6 is 0 Å². The molecular weight excluding hydrogens is 621 g/mol. The number of hydrogen-bond acceptors (Lipinski definition) is 4. The van der Waals surface area contributed by atoms with E-state index in [1.54, 1.807) is 0 Å². The van der Waals surface area contributed by atoms with Crippen LogP contribution in [0.15, 0.2) is 48.6 Å². The Labute approximate surface area is 320 Å². The van der Waals surface area contributed by atoms with Gasteiger partial charge >= 0.3 is 0 Å². The van der Waals surface area contributed by atoms with Gasteiger partial charge in [-0.3, -0.25) is 19.6 Å². The molecule has 0 N–H and O–H groups in total. The molecule has 0 spiro atoms. The molecule has 4 nitrogen and oxygen atoms in total. The summed E-state index contributed by atoms with van der Waals surface area (Å²) in [5.74, 6) is 0. The van der Waals surface area contributed by atoms with Gasteiger partial charge in [0.2, 0.25) is 0 Å². The highest BCUT2D eigenvalue weighted by Crippen LogP contribution is 2.21. The summed E-state index contributed by atoms with van der Waals surface area (Å²) in [7, 11) is 2.25. The van der Waals surface area contributed by atoms with Gasteiger partial charge in [-0.1, -0.05) is 152 Å². The molecule has 0 amide bonds. The Morgan fingerprint density at radius 2 is 0.804 bits per heavy atom. The lowest BCUT2D eigenvalue weighted by atomic mass is 9.98. The molecule has 0 atom stereocenters. The zero-order valence-electron chi connectivity index (χ0n) is 34.7. The molecule has 2 aliphatic rings. The second-order valence-corrected chi connectivity index (χ2v) is 16.1. The minimum absolute atomic E-state index is 0.816. The topological polar surface area (TPSA) is 13.0 Å². The average Bonchev–Trinajstić information content (AvgIpc) is 3.57. The molecule has 2 saturated heterocycles. The third kappa shape index (κ3) is 27.1. The van der Waals surface area contributed by atoms with Crippen LogP contribution in [0.1, 0.15) is 181 Å². The lowest BCUT2D eigenvalue weighted by Gasteiger charge is -2.40. The van der Waals surface area contributed by atoms with Crippen LogP contribution in [0.25, 0.3) is 0 Å². The van der Waals surface area contributed by atoms with Crippen molar-refractivity contribution >= 4 is 0 Å². The van der Waals surface area contributed by atoms with Crippen LogP contribution < -0.4 is 0 Å². The molecule has 4 heteroatoms. The lowest BCUT2D eigenvalue weighted by molar-refractivity contribution is 0.0795. The number of likely N-dealkylation sites (N-methyl/N-ethyl adjacent to an activating group) is 1. The fourth-order valence-corrected chi connectivity index (χ4v) is 7.86. The molecular formula is C47H88N4. The molecule has 0 aromatic heterocycles. The third-order valence-electron chi connectivity index (χ3n) is 11.4. The SMILES string of the molecule is CCCCC/C=C\C/C=C\CCCCCCCCC(CCCCCCCC/C=C\C/C=C\CCCCC)N1CCN(CCN2CCN(C)C2)CC1. The lowest BCUT2D eigenvalue weighted by Crippen LogP contribution is -2.51. The van der Waals surface area contributed by atoms with Crippen LogP contribution in [0.5, 0.6) is 0 Å². The fraction of sp³-hybridized carbons (Fsp3) is 0.830. The molecule has 0 aliphatic carbocycles. The molecule has 0 unspecified atom stereocenters. The van der Waals surface area contributed by atoms with Crippen molar-refractivity contribution in [2.75, 3.05) is 66.1 Å². The Balaban J connectivity index is 1.57. The van der Waals surface area contributed by atoms with E-state index >= 15 is 0 Å². The molecule has 2 rings (SSSR count). The summed E-state index contributed by atoms with van der Waals surface area (Å²) in [6.45, 7) is 15.8. The monoisotopic (exact) mass is 709 g/mol. The molecule has 2 aliphatic heterocycles. The van der Waals surface area contributed by atoms with Crippen molar-refractivity contribution in [3.8, 4) is 0 Å². The molecule has 2 fully saturated rings. The van der Waals surface area contributed by atoms with Crippen molar-refractivity contribution in [2.45, 2.75) is 187 Å². The largest absolute Gasteiger partial charge is 0.300 e. The standard InChI is InChI=1S/C47H88N4/c1-4-6-8-10-12-14-16-18-20-22-24-26-28-30-32-34-36-47(51-44-42-49(43-45-51)40-41-50-39-38-48(3)46-50)37-35-33-31-29-27-25-23-21-19-17-15-13-11-9-7-5-2/h12-15,18-21,47H,4-11,16-17,22-46H2,1-3H3/b14-12-,15-13-,20-18-,21-19-. The van der Waals surface area contributed by atoms with Gasteiger partial charge in [0, 0.05) is 58.4 Å². The van der Waals surface area contributed by atoms with Gasteiger partial charge in [0.25, 0.3) is 0 Å². The van der Waals surface area contributed by atoms with E-state index in [1.807, 2.05) is 0 Å². The summed E-state index contributed by atoms with van der Waals surface area (Å²) in [6.07, 6.45) is 54.2. The number of piperazine rings is 1. The van der Waals surface area contributed by atoms with Gasteiger partial charge in [-0.15, -0.1) is 0 Å². The molecule has 2 heterocycles. The smallest absolute Gasteiger partial charge is 0.0504 e. The van der Waals surface area contributed by atoms with Gasteiger partial charge in [-0.2, -0.15) is 0 Å². The first-order valence-corrected chi connectivity index (χ1v) is 22.7. The zero-order chi connectivity index (χ0) is 36.3. The number of nitrogens with zero attached hydrogens (tertiary/aromatic N) is 4. The maximum Gasteiger partial charge on any atom is 0.0504 e. The molecule has 0 bridgehead atoms. The van der Waals surface area contributed by atoms with Crippen LogP contribution in [0.4, 0.5) is 0 Å². The van der Waals surface area contributed by atoms with E-state index in [1.165, 1.54) is 206 Å². The number of unbranched alkanes of at least 4 members (excludes halogenated alkanes) is 18. The van der Waals surface area contributed by atoms with Crippen LogP contribution in [-0.2, 0) is 0 Å². The minimum atomic E-state index is 0.816.